The molecule has 1 saturated carbocycles. The standard InChI is InChI=1S/C11H22N2O2S2/c1-2-17(14,15)8-7-13(9-11(12)16)10-5-3-4-6-10/h10H,2-9H2,1H3,(H2,12,16). The summed E-state index contributed by atoms with van der Waals surface area (Å²) in [6, 6.07) is 0.462. The first kappa shape index (κ1) is 14.9. The highest BCUT2D eigenvalue weighted by Crippen LogP contribution is 2.23. The molecule has 0 unspecified atom stereocenters. The zero-order valence-corrected chi connectivity index (χ0v) is 12.0. The molecule has 1 aliphatic rings. The summed E-state index contributed by atoms with van der Waals surface area (Å²) in [7, 11) is -2.91. The Labute approximate surface area is 109 Å². The lowest BCUT2D eigenvalue weighted by Gasteiger charge is -2.28. The molecule has 0 heterocycles. The van der Waals surface area contributed by atoms with Crippen LogP contribution in [0.2, 0.25) is 0 Å². The Kier molecular flexibility index (Phi) is 5.82. The fraction of sp³-hybridized carbons (Fsp3) is 0.909. The van der Waals surface area contributed by atoms with Gasteiger partial charge in [-0.25, -0.2) is 8.42 Å². The minimum absolute atomic E-state index is 0.207. The molecule has 100 valence electrons. The Morgan fingerprint density at radius 2 is 2.00 bits per heavy atom. The van der Waals surface area contributed by atoms with Crippen LogP contribution >= 0.6 is 12.2 Å². The molecule has 2 N–H and O–H groups in total. The van der Waals surface area contributed by atoms with Gasteiger partial charge in [0.2, 0.25) is 0 Å². The van der Waals surface area contributed by atoms with Crippen LogP contribution in [-0.2, 0) is 9.84 Å². The van der Waals surface area contributed by atoms with Gasteiger partial charge in [0.1, 0.15) is 0 Å². The smallest absolute Gasteiger partial charge is 0.151 e. The molecule has 0 aromatic rings. The number of sulfone groups is 1. The van der Waals surface area contributed by atoms with Crippen molar-refractivity contribution < 1.29 is 8.42 Å². The van der Waals surface area contributed by atoms with E-state index in [0.717, 1.165) is 12.8 Å². The van der Waals surface area contributed by atoms with Gasteiger partial charge < -0.3 is 5.73 Å². The van der Waals surface area contributed by atoms with E-state index in [2.05, 4.69) is 4.90 Å². The minimum Gasteiger partial charge on any atom is -0.392 e. The first-order valence-corrected chi connectivity index (χ1v) is 8.40. The molecule has 1 fully saturated rings. The summed E-state index contributed by atoms with van der Waals surface area (Å²) in [5, 5.41) is 0. The highest BCUT2D eigenvalue weighted by Gasteiger charge is 2.24. The van der Waals surface area contributed by atoms with E-state index in [9.17, 15) is 8.42 Å². The summed E-state index contributed by atoms with van der Waals surface area (Å²) in [5.74, 6) is 0.418. The van der Waals surface area contributed by atoms with Crippen LogP contribution in [0, 0.1) is 0 Å². The van der Waals surface area contributed by atoms with Gasteiger partial charge in [0.05, 0.1) is 10.7 Å². The van der Waals surface area contributed by atoms with Crippen LogP contribution in [0.1, 0.15) is 32.6 Å². The summed E-state index contributed by atoms with van der Waals surface area (Å²) in [5.41, 5.74) is 5.57. The van der Waals surface area contributed by atoms with Gasteiger partial charge in [-0.3, -0.25) is 4.90 Å². The molecule has 0 amide bonds. The van der Waals surface area contributed by atoms with Crippen LogP contribution in [-0.4, -0.2) is 48.9 Å². The highest BCUT2D eigenvalue weighted by atomic mass is 32.2. The second-order valence-corrected chi connectivity index (χ2v) is 7.61. The maximum Gasteiger partial charge on any atom is 0.151 e. The molecule has 0 aromatic heterocycles. The van der Waals surface area contributed by atoms with Crippen LogP contribution in [0.5, 0.6) is 0 Å². The summed E-state index contributed by atoms with van der Waals surface area (Å²) >= 11 is 4.93. The Morgan fingerprint density at radius 3 is 2.47 bits per heavy atom. The van der Waals surface area contributed by atoms with E-state index in [4.69, 9.17) is 18.0 Å². The maximum atomic E-state index is 11.5. The van der Waals surface area contributed by atoms with Crippen molar-refractivity contribution in [1.29, 1.82) is 0 Å². The molecule has 0 spiro atoms. The second kappa shape index (κ2) is 6.66. The van der Waals surface area contributed by atoms with E-state index in [1.165, 1.54) is 12.8 Å². The molecule has 4 nitrogen and oxygen atoms in total. The lowest BCUT2D eigenvalue weighted by molar-refractivity contribution is 0.240. The number of thiocarbonyl (C=S) groups is 1. The van der Waals surface area contributed by atoms with Gasteiger partial charge in [-0.15, -0.1) is 0 Å². The molecule has 17 heavy (non-hydrogen) atoms. The van der Waals surface area contributed by atoms with Crippen LogP contribution < -0.4 is 5.73 Å². The monoisotopic (exact) mass is 278 g/mol. The molecular formula is C11H22N2O2S2. The number of nitrogens with two attached hydrogens (primary N) is 1. The Bertz CT molecular complexity index is 348. The molecule has 1 aliphatic carbocycles. The lowest BCUT2D eigenvalue weighted by atomic mass is 10.2. The van der Waals surface area contributed by atoms with Crippen molar-refractivity contribution in [3.8, 4) is 0 Å². The van der Waals surface area contributed by atoms with Crippen molar-refractivity contribution >= 4 is 27.0 Å². The Balaban J connectivity index is 2.54. The Hall–Kier alpha value is -0.200. The molecule has 0 atom stereocenters. The Morgan fingerprint density at radius 1 is 1.41 bits per heavy atom. The van der Waals surface area contributed by atoms with Gasteiger partial charge in [0.15, 0.2) is 9.84 Å². The third-order valence-corrected chi connectivity index (χ3v) is 5.14. The third kappa shape index (κ3) is 5.31. The molecule has 0 aliphatic heterocycles. The number of rotatable bonds is 7. The van der Waals surface area contributed by atoms with Gasteiger partial charge in [0, 0.05) is 24.9 Å². The van der Waals surface area contributed by atoms with Crippen molar-refractivity contribution in [2.45, 2.75) is 38.6 Å². The van der Waals surface area contributed by atoms with Crippen LogP contribution in [0.3, 0.4) is 0 Å². The summed E-state index contributed by atoms with van der Waals surface area (Å²) in [4.78, 5) is 2.59. The summed E-state index contributed by atoms with van der Waals surface area (Å²) in [6.07, 6.45) is 4.71. The number of hydrogen-bond acceptors (Lipinski definition) is 4. The highest BCUT2D eigenvalue weighted by molar-refractivity contribution is 7.91. The first-order valence-electron chi connectivity index (χ1n) is 6.17. The minimum atomic E-state index is -2.91. The molecule has 6 heteroatoms. The quantitative estimate of drug-likeness (QED) is 0.703. The van der Waals surface area contributed by atoms with Gasteiger partial charge in [-0.05, 0) is 12.8 Å². The topological polar surface area (TPSA) is 63.4 Å². The second-order valence-electron chi connectivity index (χ2n) is 4.61. The third-order valence-electron chi connectivity index (χ3n) is 3.33. The average molecular weight is 278 g/mol. The fourth-order valence-electron chi connectivity index (χ4n) is 2.26. The fourth-order valence-corrected chi connectivity index (χ4v) is 3.23. The normalized spacial score (nSPS) is 17.8. The summed E-state index contributed by atoms with van der Waals surface area (Å²) < 4.78 is 23.0. The van der Waals surface area contributed by atoms with Crippen LogP contribution in [0.25, 0.3) is 0 Å². The average Bonchev–Trinajstić information content (AvgIpc) is 2.77. The van der Waals surface area contributed by atoms with Gasteiger partial charge in [-0.1, -0.05) is 32.0 Å². The van der Waals surface area contributed by atoms with Crippen molar-refractivity contribution in [1.82, 2.24) is 4.90 Å². The van der Waals surface area contributed by atoms with E-state index in [-0.39, 0.29) is 11.5 Å². The molecule has 0 radical (unpaired) electrons. The summed E-state index contributed by atoms with van der Waals surface area (Å²) in [6.45, 7) is 2.78. The molecule has 0 bridgehead atoms. The van der Waals surface area contributed by atoms with Crippen molar-refractivity contribution in [2.75, 3.05) is 24.6 Å². The van der Waals surface area contributed by atoms with Crippen molar-refractivity contribution in [3.63, 3.8) is 0 Å². The largest absolute Gasteiger partial charge is 0.392 e. The molecule has 0 aromatic carbocycles. The maximum absolute atomic E-state index is 11.5. The first-order chi connectivity index (χ1) is 7.94. The van der Waals surface area contributed by atoms with Crippen LogP contribution in [0.4, 0.5) is 0 Å². The van der Waals surface area contributed by atoms with Crippen molar-refractivity contribution in [3.05, 3.63) is 0 Å². The van der Waals surface area contributed by atoms with Gasteiger partial charge in [0.25, 0.3) is 0 Å². The van der Waals surface area contributed by atoms with Crippen LogP contribution in [0.15, 0.2) is 0 Å². The number of hydrogen-bond donors (Lipinski definition) is 1. The zero-order valence-electron chi connectivity index (χ0n) is 10.4. The molecule has 0 saturated heterocycles. The SMILES string of the molecule is CCS(=O)(=O)CCN(CC(N)=S)C1CCCC1. The van der Waals surface area contributed by atoms with E-state index < -0.39 is 9.84 Å². The number of nitrogens with zero attached hydrogens (tertiary/aromatic N) is 1. The molecular weight excluding hydrogens is 256 g/mol. The zero-order chi connectivity index (χ0) is 12.9. The predicted molar refractivity (Wildman–Crippen MR) is 74.9 cm³/mol. The van der Waals surface area contributed by atoms with E-state index in [0.29, 0.717) is 24.1 Å². The van der Waals surface area contributed by atoms with Gasteiger partial charge in [-0.2, -0.15) is 0 Å². The van der Waals surface area contributed by atoms with Gasteiger partial charge >= 0.3 is 0 Å². The van der Waals surface area contributed by atoms with E-state index in [1.54, 1.807) is 6.92 Å². The lowest BCUT2D eigenvalue weighted by Crippen LogP contribution is -2.42. The van der Waals surface area contributed by atoms with E-state index in [1.807, 2.05) is 0 Å². The van der Waals surface area contributed by atoms with Crippen molar-refractivity contribution in [2.24, 2.45) is 5.73 Å². The molecule has 1 rings (SSSR count). The van der Waals surface area contributed by atoms with E-state index >= 15 is 0 Å². The predicted octanol–water partition coefficient (Wildman–Crippen LogP) is 0.952.